The van der Waals surface area contributed by atoms with Crippen LogP contribution >= 0.6 is 35.7 Å². The summed E-state index contributed by atoms with van der Waals surface area (Å²) in [4.78, 5) is 9.89. The number of halogens is 1. The molecule has 0 aromatic rings. The Kier molecular flexibility index (Phi) is 10.4. The molecule has 0 aliphatic carbocycles. The van der Waals surface area contributed by atoms with Crippen LogP contribution < -0.4 is 5.32 Å². The zero-order valence-corrected chi connectivity index (χ0v) is 19.7. The fourth-order valence-electron chi connectivity index (χ4n) is 3.42. The van der Waals surface area contributed by atoms with Crippen molar-refractivity contribution in [1.82, 2.24) is 15.1 Å². The fraction of sp³-hybridized carbons (Fsp3) is 0.944. The van der Waals surface area contributed by atoms with Crippen molar-refractivity contribution in [2.24, 2.45) is 10.9 Å². The Morgan fingerprint density at radius 3 is 2.60 bits per heavy atom. The van der Waals surface area contributed by atoms with E-state index in [-0.39, 0.29) is 29.5 Å². The van der Waals surface area contributed by atoms with Gasteiger partial charge < -0.3 is 19.9 Å². The van der Waals surface area contributed by atoms with Crippen LogP contribution in [0.25, 0.3) is 0 Å². The van der Waals surface area contributed by atoms with Gasteiger partial charge in [0.05, 0.1) is 6.54 Å². The third kappa shape index (κ3) is 6.43. The molecule has 1 N–H and O–H groups in total. The normalized spacial score (nSPS) is 24.4. The highest BCUT2D eigenvalue weighted by Gasteiger charge is 2.35. The number of hydrogen-bond acceptors (Lipinski definition) is 4. The first-order valence-corrected chi connectivity index (χ1v) is 10.4. The van der Waals surface area contributed by atoms with E-state index < -0.39 is 0 Å². The van der Waals surface area contributed by atoms with Gasteiger partial charge >= 0.3 is 0 Å². The lowest BCUT2D eigenvalue weighted by Crippen LogP contribution is -2.53. The largest absolute Gasteiger partial charge is 0.381 e. The van der Waals surface area contributed by atoms with E-state index in [1.54, 1.807) is 0 Å². The Bertz CT molecular complexity index is 414. The molecule has 2 aliphatic rings. The predicted molar refractivity (Wildman–Crippen MR) is 121 cm³/mol. The van der Waals surface area contributed by atoms with Gasteiger partial charge in [0.1, 0.15) is 0 Å². The molecule has 7 heteroatoms. The minimum Gasteiger partial charge on any atom is -0.381 e. The minimum absolute atomic E-state index is 0. The molecule has 0 bridgehead atoms. The second-order valence-electron chi connectivity index (χ2n) is 7.50. The van der Waals surface area contributed by atoms with Crippen LogP contribution in [0.3, 0.4) is 0 Å². The van der Waals surface area contributed by atoms with Crippen molar-refractivity contribution in [3.8, 4) is 0 Å². The molecule has 0 aromatic carbocycles. The summed E-state index contributed by atoms with van der Waals surface area (Å²) < 4.78 is 5.58. The van der Waals surface area contributed by atoms with Crippen molar-refractivity contribution >= 4 is 41.7 Å². The van der Waals surface area contributed by atoms with E-state index in [0.29, 0.717) is 11.2 Å². The number of aliphatic imine (C=N–C) groups is 1. The summed E-state index contributed by atoms with van der Waals surface area (Å²) in [6.07, 6.45) is 2.13. The topological polar surface area (TPSA) is 40.1 Å². The number of guanidine groups is 1. The van der Waals surface area contributed by atoms with Gasteiger partial charge in [-0.2, -0.15) is 11.8 Å². The third-order valence-corrected chi connectivity index (χ3v) is 6.91. The average Bonchev–Trinajstić information content (AvgIpc) is 2.59. The highest BCUT2D eigenvalue weighted by atomic mass is 127. The Morgan fingerprint density at radius 1 is 1.36 bits per heavy atom. The first-order chi connectivity index (χ1) is 11.5. The fourth-order valence-corrected chi connectivity index (χ4v) is 4.72. The number of nitrogens with zero attached hydrogens (tertiary/aromatic N) is 3. The van der Waals surface area contributed by atoms with Crippen molar-refractivity contribution in [3.63, 3.8) is 0 Å². The van der Waals surface area contributed by atoms with Crippen LogP contribution in [-0.2, 0) is 4.74 Å². The molecule has 5 nitrogen and oxygen atoms in total. The molecule has 0 saturated carbocycles. The molecule has 1 unspecified atom stereocenters. The van der Waals surface area contributed by atoms with Gasteiger partial charge in [-0.15, -0.1) is 24.0 Å². The van der Waals surface area contributed by atoms with Gasteiger partial charge in [0.25, 0.3) is 0 Å². The van der Waals surface area contributed by atoms with Crippen molar-refractivity contribution in [2.75, 3.05) is 59.2 Å². The number of nitrogens with one attached hydrogen (secondary N) is 1. The van der Waals surface area contributed by atoms with Crippen molar-refractivity contribution in [2.45, 2.75) is 44.4 Å². The Labute approximate surface area is 175 Å². The van der Waals surface area contributed by atoms with Crippen LogP contribution in [0.15, 0.2) is 4.99 Å². The Balaban J connectivity index is 0.00000312. The van der Waals surface area contributed by atoms with Crippen LogP contribution in [0.1, 0.15) is 33.6 Å². The van der Waals surface area contributed by atoms with Gasteiger partial charge in [0, 0.05) is 49.4 Å². The lowest BCUT2D eigenvalue weighted by Gasteiger charge is -2.42. The molecule has 2 saturated heterocycles. The first-order valence-electron chi connectivity index (χ1n) is 9.38. The standard InChI is InChI=1S/C18H36N4OS.HI/c1-6-19-17(22-9-12-24-16(13-22)15(2)3)20-14-18(21(4)5)7-10-23-11-8-18;/h15-16H,6-14H2,1-5H3,(H,19,20);1H. The van der Waals surface area contributed by atoms with E-state index >= 15 is 0 Å². The SMILES string of the molecule is CCNC(=NCC1(N(C)C)CCOCC1)N1CCSC(C(C)C)C1.I. The molecule has 2 heterocycles. The molecule has 1 atom stereocenters. The van der Waals surface area contributed by atoms with E-state index in [1.165, 1.54) is 5.75 Å². The monoisotopic (exact) mass is 484 g/mol. The average molecular weight is 484 g/mol. The maximum absolute atomic E-state index is 5.58. The molecule has 0 aromatic heterocycles. The van der Waals surface area contributed by atoms with Crippen LogP contribution in [0.5, 0.6) is 0 Å². The van der Waals surface area contributed by atoms with Crippen LogP contribution in [-0.4, -0.2) is 85.8 Å². The molecule has 2 aliphatic heterocycles. The number of thioether (sulfide) groups is 1. The van der Waals surface area contributed by atoms with Crippen molar-refractivity contribution in [1.29, 1.82) is 0 Å². The molecule has 0 radical (unpaired) electrons. The number of ether oxygens (including phenoxy) is 1. The van der Waals surface area contributed by atoms with E-state index in [4.69, 9.17) is 9.73 Å². The van der Waals surface area contributed by atoms with Crippen LogP contribution in [0.4, 0.5) is 0 Å². The molecule has 2 rings (SSSR count). The lowest BCUT2D eigenvalue weighted by atomic mass is 9.89. The predicted octanol–water partition coefficient (Wildman–Crippen LogP) is 2.75. The Morgan fingerprint density at radius 2 is 2.04 bits per heavy atom. The molecular formula is C18H37IN4OS. The maximum Gasteiger partial charge on any atom is 0.194 e. The van der Waals surface area contributed by atoms with E-state index in [2.05, 4.69) is 61.7 Å². The molecule has 0 amide bonds. The highest BCUT2D eigenvalue weighted by Crippen LogP contribution is 2.27. The minimum atomic E-state index is 0. The lowest BCUT2D eigenvalue weighted by molar-refractivity contribution is -0.00264. The summed E-state index contributed by atoms with van der Waals surface area (Å²) >= 11 is 2.11. The maximum atomic E-state index is 5.58. The van der Waals surface area contributed by atoms with E-state index in [1.807, 2.05) is 0 Å². The van der Waals surface area contributed by atoms with Gasteiger partial charge in [0.15, 0.2) is 5.96 Å². The molecule has 2 fully saturated rings. The van der Waals surface area contributed by atoms with Gasteiger partial charge in [-0.1, -0.05) is 13.8 Å². The summed E-state index contributed by atoms with van der Waals surface area (Å²) in [5.41, 5.74) is 0.140. The molecule has 25 heavy (non-hydrogen) atoms. The first kappa shape index (κ1) is 23.3. The van der Waals surface area contributed by atoms with Crippen molar-refractivity contribution < 1.29 is 4.74 Å². The van der Waals surface area contributed by atoms with Crippen LogP contribution in [0, 0.1) is 5.92 Å². The number of rotatable bonds is 5. The second-order valence-corrected chi connectivity index (χ2v) is 8.85. The molecular weight excluding hydrogens is 447 g/mol. The second kappa shape index (κ2) is 11.2. The Hall–Kier alpha value is 0.270. The summed E-state index contributed by atoms with van der Waals surface area (Å²) in [5.74, 6) is 3.00. The zero-order valence-electron chi connectivity index (χ0n) is 16.6. The van der Waals surface area contributed by atoms with Gasteiger partial charge in [-0.3, -0.25) is 4.99 Å². The van der Waals surface area contributed by atoms with Crippen LogP contribution in [0.2, 0.25) is 0 Å². The summed E-state index contributed by atoms with van der Waals surface area (Å²) in [6, 6.07) is 0. The van der Waals surface area contributed by atoms with Gasteiger partial charge in [-0.05, 0) is 39.8 Å². The van der Waals surface area contributed by atoms with Gasteiger partial charge in [-0.25, -0.2) is 0 Å². The summed E-state index contributed by atoms with van der Waals surface area (Å²) in [7, 11) is 4.36. The quantitative estimate of drug-likeness (QED) is 0.369. The third-order valence-electron chi connectivity index (χ3n) is 5.37. The number of likely N-dealkylation sites (N-methyl/N-ethyl adjacent to an activating group) is 1. The smallest absolute Gasteiger partial charge is 0.194 e. The highest BCUT2D eigenvalue weighted by molar-refractivity contribution is 14.0. The van der Waals surface area contributed by atoms with Gasteiger partial charge in [0.2, 0.25) is 0 Å². The number of hydrogen-bond donors (Lipinski definition) is 1. The van der Waals surface area contributed by atoms with Crippen molar-refractivity contribution in [3.05, 3.63) is 0 Å². The van der Waals surface area contributed by atoms with E-state index in [9.17, 15) is 0 Å². The zero-order chi connectivity index (χ0) is 17.6. The summed E-state index contributed by atoms with van der Waals surface area (Å²) in [5, 5.41) is 4.23. The summed E-state index contributed by atoms with van der Waals surface area (Å²) in [6.45, 7) is 12.5. The van der Waals surface area contributed by atoms with E-state index in [0.717, 1.165) is 58.2 Å². The molecule has 148 valence electrons. The molecule has 0 spiro atoms.